The highest BCUT2D eigenvalue weighted by atomic mass is 32.2. The molecule has 140 valence electrons. The molecule has 1 amide bonds. The fourth-order valence-corrected chi connectivity index (χ4v) is 3.91. The van der Waals surface area contributed by atoms with Crippen molar-refractivity contribution in [2.24, 2.45) is 0 Å². The van der Waals surface area contributed by atoms with Gasteiger partial charge in [-0.25, -0.2) is 0 Å². The minimum absolute atomic E-state index is 0.00925. The first-order valence-corrected chi connectivity index (χ1v) is 10.1. The summed E-state index contributed by atoms with van der Waals surface area (Å²) < 4.78 is 5.67. The number of ketones is 1. The Morgan fingerprint density at radius 2 is 1.96 bits per heavy atom. The molecule has 0 unspecified atom stereocenters. The molecule has 0 saturated heterocycles. The Labute approximate surface area is 165 Å². The largest absolute Gasteiger partial charge is 0.411 e. The van der Waals surface area contributed by atoms with E-state index in [9.17, 15) is 9.59 Å². The highest BCUT2D eigenvalue weighted by Crippen LogP contribution is 2.26. The number of thioether (sulfide) groups is 1. The molecule has 2 heterocycles. The molecule has 3 aromatic rings. The summed E-state index contributed by atoms with van der Waals surface area (Å²) in [5.41, 5.74) is 3.22. The number of carbonyl (C=O) groups excluding carboxylic acids is 2. The van der Waals surface area contributed by atoms with E-state index in [0.717, 1.165) is 16.0 Å². The summed E-state index contributed by atoms with van der Waals surface area (Å²) in [6.07, 6.45) is 0. The summed E-state index contributed by atoms with van der Waals surface area (Å²) in [5.74, 6) is 0.559. The molecule has 27 heavy (non-hydrogen) atoms. The van der Waals surface area contributed by atoms with E-state index in [1.165, 1.54) is 35.6 Å². The molecular formula is C19H19N3O3S2. The second-order valence-corrected chi connectivity index (χ2v) is 8.15. The predicted octanol–water partition coefficient (Wildman–Crippen LogP) is 4.03. The number of aromatic nitrogens is 2. The smallest absolute Gasteiger partial charge is 0.277 e. The van der Waals surface area contributed by atoms with Gasteiger partial charge in [-0.05, 0) is 49.2 Å². The van der Waals surface area contributed by atoms with Gasteiger partial charge in [-0.15, -0.1) is 21.5 Å². The highest BCUT2D eigenvalue weighted by Gasteiger charge is 2.14. The molecule has 0 aliphatic carbocycles. The topological polar surface area (TPSA) is 85.1 Å². The molecule has 3 rings (SSSR count). The highest BCUT2D eigenvalue weighted by molar-refractivity contribution is 7.99. The lowest BCUT2D eigenvalue weighted by Gasteiger charge is -2.00. The van der Waals surface area contributed by atoms with Crippen molar-refractivity contribution in [1.82, 2.24) is 15.5 Å². The number of aryl methyl sites for hydroxylation is 2. The number of benzene rings is 1. The summed E-state index contributed by atoms with van der Waals surface area (Å²) in [7, 11) is 0. The van der Waals surface area contributed by atoms with Gasteiger partial charge in [0.2, 0.25) is 11.8 Å². The van der Waals surface area contributed by atoms with Gasteiger partial charge in [0, 0.05) is 17.4 Å². The SMILES string of the molecule is CC(=O)NCc1ccc(C(=O)CSc2nnc(-c3ccc(C)c(C)c3)o2)s1. The Kier molecular flexibility index (Phi) is 6.08. The second-order valence-electron chi connectivity index (χ2n) is 6.06. The third kappa shape index (κ3) is 5.05. The van der Waals surface area contributed by atoms with Crippen molar-refractivity contribution in [3.05, 3.63) is 51.2 Å². The van der Waals surface area contributed by atoms with Crippen LogP contribution in [0.1, 0.15) is 32.6 Å². The van der Waals surface area contributed by atoms with Crippen LogP contribution >= 0.6 is 23.1 Å². The first kappa shape index (κ1) is 19.3. The van der Waals surface area contributed by atoms with Crippen LogP contribution in [-0.2, 0) is 11.3 Å². The molecule has 0 bridgehead atoms. The number of amides is 1. The van der Waals surface area contributed by atoms with E-state index in [-0.39, 0.29) is 17.4 Å². The number of nitrogens with zero attached hydrogens (tertiary/aromatic N) is 2. The maximum atomic E-state index is 12.3. The van der Waals surface area contributed by atoms with Crippen LogP contribution in [-0.4, -0.2) is 27.6 Å². The number of rotatable bonds is 7. The van der Waals surface area contributed by atoms with Gasteiger partial charge in [-0.3, -0.25) is 9.59 Å². The zero-order valence-corrected chi connectivity index (χ0v) is 16.9. The lowest BCUT2D eigenvalue weighted by atomic mass is 10.1. The van der Waals surface area contributed by atoms with Crippen molar-refractivity contribution in [2.75, 3.05) is 5.75 Å². The van der Waals surface area contributed by atoms with Crippen LogP contribution in [0.3, 0.4) is 0 Å². The average molecular weight is 402 g/mol. The predicted molar refractivity (Wildman–Crippen MR) is 106 cm³/mol. The number of hydrogen-bond donors (Lipinski definition) is 1. The average Bonchev–Trinajstić information content (AvgIpc) is 3.30. The summed E-state index contributed by atoms with van der Waals surface area (Å²) in [5, 5.41) is 11.2. The zero-order valence-electron chi connectivity index (χ0n) is 15.2. The van der Waals surface area contributed by atoms with Crippen molar-refractivity contribution >= 4 is 34.8 Å². The van der Waals surface area contributed by atoms with Gasteiger partial charge in [-0.2, -0.15) is 0 Å². The third-order valence-corrected chi connectivity index (χ3v) is 5.88. The van der Waals surface area contributed by atoms with Crippen LogP contribution in [0.2, 0.25) is 0 Å². The molecule has 0 saturated carbocycles. The minimum Gasteiger partial charge on any atom is -0.411 e. The van der Waals surface area contributed by atoms with E-state index >= 15 is 0 Å². The lowest BCUT2D eigenvalue weighted by Crippen LogP contribution is -2.18. The molecule has 0 spiro atoms. The van der Waals surface area contributed by atoms with Crippen LogP contribution in [0.4, 0.5) is 0 Å². The molecule has 2 aromatic heterocycles. The lowest BCUT2D eigenvalue weighted by molar-refractivity contribution is -0.119. The van der Waals surface area contributed by atoms with Crippen molar-refractivity contribution in [3.63, 3.8) is 0 Å². The Morgan fingerprint density at radius 1 is 1.15 bits per heavy atom. The van der Waals surface area contributed by atoms with Crippen molar-refractivity contribution in [3.8, 4) is 11.5 Å². The molecule has 8 heteroatoms. The molecule has 0 radical (unpaired) electrons. The first-order valence-electron chi connectivity index (χ1n) is 8.32. The quantitative estimate of drug-likeness (QED) is 0.475. The van der Waals surface area contributed by atoms with E-state index in [2.05, 4.69) is 15.5 Å². The van der Waals surface area contributed by atoms with Gasteiger partial charge in [0.25, 0.3) is 5.22 Å². The van der Waals surface area contributed by atoms with Crippen molar-refractivity contribution < 1.29 is 14.0 Å². The van der Waals surface area contributed by atoms with Gasteiger partial charge in [0.15, 0.2) is 5.78 Å². The van der Waals surface area contributed by atoms with Crippen LogP contribution < -0.4 is 5.32 Å². The van der Waals surface area contributed by atoms with Crippen LogP contribution in [0.25, 0.3) is 11.5 Å². The van der Waals surface area contributed by atoms with Crippen LogP contribution in [0.15, 0.2) is 40.0 Å². The molecule has 0 atom stereocenters. The standard InChI is InChI=1S/C19H19N3O3S2/c1-11-4-5-14(8-12(11)2)18-21-22-19(25-18)26-10-16(24)17-7-6-15(27-17)9-20-13(3)23/h4-8H,9-10H2,1-3H3,(H,20,23). The maximum absolute atomic E-state index is 12.3. The summed E-state index contributed by atoms with van der Waals surface area (Å²) >= 11 is 2.60. The van der Waals surface area contributed by atoms with Gasteiger partial charge in [0.1, 0.15) is 0 Å². The fraction of sp³-hybridized carbons (Fsp3) is 0.263. The fourth-order valence-electron chi connectivity index (χ4n) is 2.29. The third-order valence-electron chi connectivity index (χ3n) is 3.94. The van der Waals surface area contributed by atoms with Crippen LogP contribution in [0.5, 0.6) is 0 Å². The molecule has 0 aliphatic heterocycles. The van der Waals surface area contributed by atoms with Crippen molar-refractivity contribution in [2.45, 2.75) is 32.5 Å². The number of thiophene rings is 1. The monoisotopic (exact) mass is 401 g/mol. The molecule has 0 fully saturated rings. The number of carbonyl (C=O) groups is 2. The van der Waals surface area contributed by atoms with E-state index < -0.39 is 0 Å². The molecule has 6 nitrogen and oxygen atoms in total. The number of hydrogen-bond acceptors (Lipinski definition) is 7. The Hall–Kier alpha value is -2.45. The first-order chi connectivity index (χ1) is 12.9. The van der Waals surface area contributed by atoms with Crippen LogP contribution in [0, 0.1) is 13.8 Å². The number of Topliss-reactive ketones (excluding diaryl/α,β-unsaturated/α-hetero) is 1. The van der Waals surface area contributed by atoms with E-state index in [4.69, 9.17) is 4.42 Å². The Morgan fingerprint density at radius 3 is 2.70 bits per heavy atom. The maximum Gasteiger partial charge on any atom is 0.277 e. The van der Waals surface area contributed by atoms with Gasteiger partial charge in [-0.1, -0.05) is 17.8 Å². The molecule has 1 N–H and O–H groups in total. The van der Waals surface area contributed by atoms with Gasteiger partial charge >= 0.3 is 0 Å². The van der Waals surface area contributed by atoms with E-state index in [0.29, 0.717) is 22.5 Å². The van der Waals surface area contributed by atoms with E-state index in [1.54, 1.807) is 6.07 Å². The molecule has 1 aromatic carbocycles. The second kappa shape index (κ2) is 8.49. The summed E-state index contributed by atoms with van der Waals surface area (Å²) in [6.45, 7) is 5.98. The van der Waals surface area contributed by atoms with E-state index in [1.807, 2.05) is 38.1 Å². The summed E-state index contributed by atoms with van der Waals surface area (Å²) in [4.78, 5) is 24.9. The van der Waals surface area contributed by atoms with Gasteiger partial charge in [0.05, 0.1) is 17.2 Å². The number of nitrogens with one attached hydrogen (secondary N) is 1. The Balaban J connectivity index is 1.59. The summed E-state index contributed by atoms with van der Waals surface area (Å²) in [6, 6.07) is 9.59. The molecular weight excluding hydrogens is 382 g/mol. The van der Waals surface area contributed by atoms with Crippen molar-refractivity contribution in [1.29, 1.82) is 0 Å². The minimum atomic E-state index is -0.0946. The normalized spacial score (nSPS) is 10.8. The Bertz CT molecular complexity index is 978. The van der Waals surface area contributed by atoms with Gasteiger partial charge < -0.3 is 9.73 Å². The molecule has 0 aliphatic rings. The zero-order chi connectivity index (χ0) is 19.4.